The predicted octanol–water partition coefficient (Wildman–Crippen LogP) is 0.152. The van der Waals surface area contributed by atoms with Crippen LogP contribution in [0.1, 0.15) is 39.0 Å². The lowest BCUT2D eigenvalue weighted by Crippen LogP contribution is -2.52. The number of hydrogen-bond acceptors (Lipinski definition) is 4. The Morgan fingerprint density at radius 3 is 2.50 bits per heavy atom. The summed E-state index contributed by atoms with van der Waals surface area (Å²) in [6.07, 6.45) is 5.02. The molecular formula is C13H27N3O3S. The maximum atomic E-state index is 12.4. The van der Waals surface area contributed by atoms with Gasteiger partial charge in [0, 0.05) is 25.2 Å². The number of nitrogens with zero attached hydrogens (tertiary/aromatic N) is 2. The molecule has 2 heterocycles. The summed E-state index contributed by atoms with van der Waals surface area (Å²) in [6, 6.07) is -0.0343. The standard InChI is InChI=1S/C13H27N3O3S/c1-12(15-7-4-5-8-15)10-14-20(18,19)16-9-3-2-6-13(16)11-17/h12-14,17H,2-11H2,1H3. The van der Waals surface area contributed by atoms with Crippen LogP contribution in [0.5, 0.6) is 0 Å². The van der Waals surface area contributed by atoms with Crippen molar-refractivity contribution in [2.75, 3.05) is 32.8 Å². The van der Waals surface area contributed by atoms with Crippen LogP contribution in [-0.2, 0) is 10.2 Å². The van der Waals surface area contributed by atoms with Crippen LogP contribution in [0.4, 0.5) is 0 Å². The molecule has 118 valence electrons. The zero-order chi connectivity index (χ0) is 14.6. The van der Waals surface area contributed by atoms with Crippen molar-refractivity contribution in [1.29, 1.82) is 0 Å². The Morgan fingerprint density at radius 2 is 1.85 bits per heavy atom. The quantitative estimate of drug-likeness (QED) is 0.733. The van der Waals surface area contributed by atoms with Crippen molar-refractivity contribution in [3.8, 4) is 0 Å². The van der Waals surface area contributed by atoms with Crippen molar-refractivity contribution >= 4 is 10.2 Å². The van der Waals surface area contributed by atoms with Gasteiger partial charge in [-0.05, 0) is 45.7 Å². The van der Waals surface area contributed by atoms with E-state index < -0.39 is 10.2 Å². The van der Waals surface area contributed by atoms with Crippen LogP contribution in [0, 0.1) is 0 Å². The third-order valence-electron chi connectivity index (χ3n) is 4.42. The summed E-state index contributed by atoms with van der Waals surface area (Å²) in [6.45, 7) is 5.05. The van der Waals surface area contributed by atoms with E-state index in [1.54, 1.807) is 0 Å². The highest BCUT2D eigenvalue weighted by atomic mass is 32.2. The molecule has 0 saturated carbocycles. The minimum absolute atomic E-state index is 0.0947. The Kier molecular flexibility index (Phi) is 5.80. The molecule has 2 saturated heterocycles. The van der Waals surface area contributed by atoms with Crippen LogP contribution in [0.15, 0.2) is 0 Å². The molecule has 2 aliphatic rings. The minimum atomic E-state index is -3.47. The second kappa shape index (κ2) is 7.17. The van der Waals surface area contributed by atoms with Gasteiger partial charge < -0.3 is 5.11 Å². The third kappa shape index (κ3) is 3.92. The third-order valence-corrected chi connectivity index (χ3v) is 6.05. The Balaban J connectivity index is 1.89. The number of aliphatic hydroxyl groups excluding tert-OH is 1. The molecule has 2 aliphatic heterocycles. The van der Waals surface area contributed by atoms with Crippen molar-refractivity contribution in [1.82, 2.24) is 13.9 Å². The number of rotatable bonds is 6. The van der Waals surface area contributed by atoms with Crippen LogP contribution in [-0.4, -0.2) is 67.6 Å². The summed E-state index contributed by atoms with van der Waals surface area (Å²) in [5, 5.41) is 9.33. The highest BCUT2D eigenvalue weighted by molar-refractivity contribution is 7.87. The van der Waals surface area contributed by atoms with E-state index in [2.05, 4.69) is 16.5 Å². The number of nitrogens with one attached hydrogen (secondary N) is 1. The lowest BCUT2D eigenvalue weighted by Gasteiger charge is -2.34. The average Bonchev–Trinajstić information content (AvgIpc) is 2.99. The number of likely N-dealkylation sites (tertiary alicyclic amines) is 1. The van der Waals surface area contributed by atoms with Crippen LogP contribution >= 0.6 is 0 Å². The molecule has 20 heavy (non-hydrogen) atoms. The highest BCUT2D eigenvalue weighted by Crippen LogP contribution is 2.19. The Morgan fingerprint density at radius 1 is 1.20 bits per heavy atom. The van der Waals surface area contributed by atoms with E-state index in [0.29, 0.717) is 13.1 Å². The van der Waals surface area contributed by atoms with Gasteiger partial charge in [0.05, 0.1) is 6.61 Å². The molecule has 7 heteroatoms. The molecule has 0 amide bonds. The fourth-order valence-electron chi connectivity index (χ4n) is 3.09. The molecule has 2 rings (SSSR count). The lowest BCUT2D eigenvalue weighted by molar-refractivity contribution is 0.153. The second-order valence-electron chi connectivity index (χ2n) is 5.89. The molecule has 0 radical (unpaired) electrons. The molecule has 2 N–H and O–H groups in total. The molecular weight excluding hydrogens is 278 g/mol. The maximum absolute atomic E-state index is 12.4. The van der Waals surface area contributed by atoms with E-state index in [1.165, 1.54) is 17.1 Å². The molecule has 0 aromatic carbocycles. The van der Waals surface area contributed by atoms with E-state index in [-0.39, 0.29) is 18.7 Å². The van der Waals surface area contributed by atoms with Crippen molar-refractivity contribution < 1.29 is 13.5 Å². The maximum Gasteiger partial charge on any atom is 0.279 e. The van der Waals surface area contributed by atoms with Gasteiger partial charge in [-0.2, -0.15) is 12.7 Å². The first-order valence-electron chi connectivity index (χ1n) is 7.66. The first kappa shape index (κ1) is 16.2. The van der Waals surface area contributed by atoms with E-state index in [4.69, 9.17) is 0 Å². The van der Waals surface area contributed by atoms with E-state index >= 15 is 0 Å². The summed E-state index contributed by atoms with van der Waals surface area (Å²) < 4.78 is 28.9. The van der Waals surface area contributed by atoms with Gasteiger partial charge in [-0.1, -0.05) is 6.42 Å². The van der Waals surface area contributed by atoms with Crippen molar-refractivity contribution in [3.05, 3.63) is 0 Å². The van der Waals surface area contributed by atoms with E-state index in [1.807, 2.05) is 0 Å². The number of hydrogen-bond donors (Lipinski definition) is 2. The summed E-state index contributed by atoms with van der Waals surface area (Å²) in [5.41, 5.74) is 0. The summed E-state index contributed by atoms with van der Waals surface area (Å²) in [4.78, 5) is 2.32. The van der Waals surface area contributed by atoms with Crippen molar-refractivity contribution in [3.63, 3.8) is 0 Å². The fraction of sp³-hybridized carbons (Fsp3) is 1.00. The van der Waals surface area contributed by atoms with Gasteiger partial charge >= 0.3 is 0 Å². The summed E-state index contributed by atoms with van der Waals surface area (Å²) in [5.74, 6) is 0. The lowest BCUT2D eigenvalue weighted by atomic mass is 10.1. The monoisotopic (exact) mass is 305 g/mol. The molecule has 0 bridgehead atoms. The molecule has 0 spiro atoms. The molecule has 0 aliphatic carbocycles. The predicted molar refractivity (Wildman–Crippen MR) is 78.6 cm³/mol. The molecule has 2 atom stereocenters. The molecule has 2 unspecified atom stereocenters. The Hall–Kier alpha value is -0.210. The molecule has 0 aromatic heterocycles. The van der Waals surface area contributed by atoms with Crippen molar-refractivity contribution in [2.45, 2.75) is 51.1 Å². The number of aliphatic hydroxyl groups is 1. The number of piperidine rings is 1. The van der Waals surface area contributed by atoms with Gasteiger partial charge in [0.15, 0.2) is 0 Å². The van der Waals surface area contributed by atoms with Gasteiger partial charge in [-0.25, -0.2) is 4.72 Å². The molecule has 6 nitrogen and oxygen atoms in total. The Labute approximate surface area is 122 Å². The smallest absolute Gasteiger partial charge is 0.279 e. The molecule has 0 aromatic rings. The first-order chi connectivity index (χ1) is 9.54. The van der Waals surface area contributed by atoms with Crippen LogP contribution in [0.2, 0.25) is 0 Å². The van der Waals surface area contributed by atoms with Gasteiger partial charge in [0.1, 0.15) is 0 Å². The van der Waals surface area contributed by atoms with Gasteiger partial charge in [-0.3, -0.25) is 4.90 Å². The van der Waals surface area contributed by atoms with Gasteiger partial charge in [0.25, 0.3) is 10.2 Å². The highest BCUT2D eigenvalue weighted by Gasteiger charge is 2.32. The Bertz CT molecular complexity index is 396. The van der Waals surface area contributed by atoms with Gasteiger partial charge in [-0.15, -0.1) is 0 Å². The van der Waals surface area contributed by atoms with Crippen LogP contribution < -0.4 is 4.72 Å². The average molecular weight is 305 g/mol. The van der Waals surface area contributed by atoms with E-state index in [9.17, 15) is 13.5 Å². The van der Waals surface area contributed by atoms with Gasteiger partial charge in [0.2, 0.25) is 0 Å². The SMILES string of the molecule is CC(CNS(=O)(=O)N1CCCCC1CO)N1CCCC1. The normalized spacial score (nSPS) is 27.8. The fourth-order valence-corrected chi connectivity index (χ4v) is 4.64. The van der Waals surface area contributed by atoms with Crippen LogP contribution in [0.25, 0.3) is 0 Å². The summed E-state index contributed by atoms with van der Waals surface area (Å²) in [7, 11) is -3.47. The second-order valence-corrected chi connectivity index (χ2v) is 7.60. The van der Waals surface area contributed by atoms with E-state index in [0.717, 1.165) is 32.4 Å². The topological polar surface area (TPSA) is 72.9 Å². The zero-order valence-electron chi connectivity index (χ0n) is 12.3. The summed E-state index contributed by atoms with van der Waals surface area (Å²) >= 11 is 0. The van der Waals surface area contributed by atoms with Crippen molar-refractivity contribution in [2.24, 2.45) is 0 Å². The zero-order valence-corrected chi connectivity index (χ0v) is 13.1. The van der Waals surface area contributed by atoms with Crippen LogP contribution in [0.3, 0.4) is 0 Å². The minimum Gasteiger partial charge on any atom is -0.395 e. The first-order valence-corrected chi connectivity index (χ1v) is 9.10. The largest absolute Gasteiger partial charge is 0.395 e. The molecule has 2 fully saturated rings.